The molecule has 0 bridgehead atoms. The molecule has 0 saturated carbocycles. The molecule has 0 aromatic heterocycles. The fourth-order valence-corrected chi connectivity index (χ4v) is 5.70. The van der Waals surface area contributed by atoms with Crippen LogP contribution in [0, 0.1) is 0 Å². The van der Waals surface area contributed by atoms with Crippen molar-refractivity contribution in [1.29, 1.82) is 0 Å². The van der Waals surface area contributed by atoms with Gasteiger partial charge in [0.1, 0.15) is 0 Å². The van der Waals surface area contributed by atoms with Crippen LogP contribution in [-0.2, 0) is 13.3 Å². The third-order valence-corrected chi connectivity index (χ3v) is 9.11. The van der Waals surface area contributed by atoms with Crippen LogP contribution in [-0.4, -0.2) is 61.6 Å². The van der Waals surface area contributed by atoms with Gasteiger partial charge in [0.2, 0.25) is 0 Å². The quantitative estimate of drug-likeness (QED) is 0.0809. The third kappa shape index (κ3) is 25.0. The second kappa shape index (κ2) is 27.6. The second-order valence-corrected chi connectivity index (χ2v) is 12.7. The van der Waals surface area contributed by atoms with Gasteiger partial charge in [0, 0.05) is 33.3 Å². The maximum Gasteiger partial charge on any atom is 0.500 e. The van der Waals surface area contributed by atoms with E-state index >= 15 is 0 Å². The summed E-state index contributed by atoms with van der Waals surface area (Å²) in [5.41, 5.74) is 0. The molecule has 0 spiro atoms. The number of hydrogen-bond donors (Lipinski definition) is 0. The lowest BCUT2D eigenvalue weighted by Crippen LogP contribution is -2.43. The van der Waals surface area contributed by atoms with Gasteiger partial charge in [0.15, 0.2) is 0 Å². The Morgan fingerprint density at radius 3 is 1.19 bits per heavy atom. The van der Waals surface area contributed by atoms with Gasteiger partial charge in [0.25, 0.3) is 0 Å². The van der Waals surface area contributed by atoms with E-state index < -0.39 is 8.80 Å². The van der Waals surface area contributed by atoms with Crippen LogP contribution in [0.3, 0.4) is 0 Å². The summed E-state index contributed by atoms with van der Waals surface area (Å²) in [4.78, 5) is 2.14. The van der Waals surface area contributed by atoms with Gasteiger partial charge in [-0.05, 0) is 33.5 Å². The summed E-state index contributed by atoms with van der Waals surface area (Å²) in [5, 5.41) is 0. The molecule has 0 radical (unpaired) electrons. The van der Waals surface area contributed by atoms with Crippen LogP contribution >= 0.6 is 11.6 Å². The van der Waals surface area contributed by atoms with E-state index in [0.717, 1.165) is 24.9 Å². The molecule has 0 aromatic rings. The Morgan fingerprint density at radius 2 is 0.906 bits per heavy atom. The van der Waals surface area contributed by atoms with Crippen molar-refractivity contribution in [3.05, 3.63) is 0 Å². The minimum absolute atomic E-state index is 0.846. The number of alkyl halides is 1. The molecule has 0 amide bonds. The summed E-state index contributed by atoms with van der Waals surface area (Å²) < 4.78 is 15.9. The van der Waals surface area contributed by atoms with Crippen LogP contribution in [0.25, 0.3) is 0 Å². The smallest absolute Gasteiger partial charge is 0.377 e. The lowest BCUT2D eigenvalue weighted by molar-refractivity contribution is 0.122. The highest BCUT2D eigenvalue weighted by Gasteiger charge is 2.36. The largest absolute Gasteiger partial charge is 0.500 e. The Labute approximate surface area is 208 Å². The average Bonchev–Trinajstić information content (AvgIpc) is 2.80. The van der Waals surface area contributed by atoms with Crippen molar-refractivity contribution >= 4 is 20.4 Å². The number of halogens is 1. The van der Waals surface area contributed by atoms with Crippen molar-refractivity contribution in [2.45, 2.75) is 122 Å². The predicted molar refractivity (Wildman–Crippen MR) is 145 cm³/mol. The van der Waals surface area contributed by atoms with Crippen molar-refractivity contribution in [3.63, 3.8) is 0 Å². The van der Waals surface area contributed by atoms with E-state index in [2.05, 4.69) is 25.9 Å². The predicted octanol–water partition coefficient (Wildman–Crippen LogP) is 8.30. The average molecular weight is 496 g/mol. The van der Waals surface area contributed by atoms with Gasteiger partial charge in [-0.15, -0.1) is 11.6 Å². The minimum Gasteiger partial charge on any atom is -0.377 e. The summed E-state index contributed by atoms with van der Waals surface area (Å²) in [6.07, 6.45) is 23.9. The molecule has 4 nitrogen and oxygen atoms in total. The standard InChI is InChI=1S/C18H37Cl.C8H21NO3Si/c1-2-3-4-5-6-7-8-9-10-11-12-13-14-15-16-17-18-19;1-9(2)7-6-8-13(10-3,11-4)12-5/h2-18H2,1H3;6-8H2,1-5H3. The normalized spacial score (nSPS) is 11.6. The molecule has 0 saturated heterocycles. The molecule has 6 heteroatoms. The van der Waals surface area contributed by atoms with E-state index in [4.69, 9.17) is 24.9 Å². The van der Waals surface area contributed by atoms with Gasteiger partial charge in [-0.3, -0.25) is 0 Å². The SMILES string of the molecule is CCCCCCCCCCCCCCCCCCCl.CO[Si](CCCN(C)C)(OC)OC. The summed E-state index contributed by atoms with van der Waals surface area (Å²) in [5.74, 6) is 0.846. The molecule has 0 unspecified atom stereocenters. The molecule has 0 N–H and O–H groups in total. The highest BCUT2D eigenvalue weighted by Crippen LogP contribution is 2.15. The molecule has 32 heavy (non-hydrogen) atoms. The van der Waals surface area contributed by atoms with Gasteiger partial charge in [0.05, 0.1) is 0 Å². The number of rotatable bonds is 23. The van der Waals surface area contributed by atoms with E-state index in [9.17, 15) is 0 Å². The van der Waals surface area contributed by atoms with Crippen molar-refractivity contribution in [2.75, 3.05) is 47.8 Å². The first-order valence-corrected chi connectivity index (χ1v) is 15.8. The molecular weight excluding hydrogens is 438 g/mol. The Balaban J connectivity index is 0. The third-order valence-electron chi connectivity index (χ3n) is 6.01. The van der Waals surface area contributed by atoms with Gasteiger partial charge in [-0.2, -0.15) is 0 Å². The Bertz CT molecular complexity index is 321. The number of nitrogens with zero attached hydrogens (tertiary/aromatic N) is 1. The molecule has 0 atom stereocenters. The minimum atomic E-state index is -2.31. The van der Waals surface area contributed by atoms with Crippen molar-refractivity contribution in [1.82, 2.24) is 4.90 Å². The summed E-state index contributed by atoms with van der Waals surface area (Å²) in [6.45, 7) is 3.32. The van der Waals surface area contributed by atoms with Gasteiger partial charge in [-0.25, -0.2) is 0 Å². The molecule has 0 aromatic carbocycles. The zero-order valence-corrected chi connectivity index (χ0v) is 24.4. The Hall–Kier alpha value is 0.347. The van der Waals surface area contributed by atoms with Crippen LogP contribution in [0.15, 0.2) is 0 Å². The van der Waals surface area contributed by atoms with E-state index in [1.807, 2.05) is 0 Å². The van der Waals surface area contributed by atoms with Gasteiger partial charge < -0.3 is 18.2 Å². The summed E-state index contributed by atoms with van der Waals surface area (Å²) in [6, 6.07) is 0.870. The first-order valence-electron chi connectivity index (χ1n) is 13.4. The molecule has 0 heterocycles. The topological polar surface area (TPSA) is 30.9 Å². The van der Waals surface area contributed by atoms with E-state index in [-0.39, 0.29) is 0 Å². The summed E-state index contributed by atoms with van der Waals surface area (Å²) in [7, 11) is 6.73. The molecule has 0 aliphatic rings. The van der Waals surface area contributed by atoms with Crippen LogP contribution in [0.5, 0.6) is 0 Å². The zero-order chi connectivity index (χ0) is 24.3. The van der Waals surface area contributed by atoms with Crippen LogP contribution in [0.4, 0.5) is 0 Å². The molecular formula is C26H58ClNO3Si. The van der Waals surface area contributed by atoms with Crippen LogP contribution in [0.2, 0.25) is 6.04 Å². The van der Waals surface area contributed by atoms with Crippen LogP contribution < -0.4 is 0 Å². The molecule has 196 valence electrons. The van der Waals surface area contributed by atoms with Gasteiger partial charge >= 0.3 is 8.80 Å². The first-order chi connectivity index (χ1) is 15.5. The van der Waals surface area contributed by atoms with E-state index in [0.29, 0.717) is 0 Å². The Kier molecular flexibility index (Phi) is 29.8. The maximum absolute atomic E-state index is 5.66. The molecule has 0 rings (SSSR count). The fraction of sp³-hybridized carbons (Fsp3) is 1.00. The number of hydrogen-bond acceptors (Lipinski definition) is 4. The molecule has 0 fully saturated rings. The lowest BCUT2D eigenvalue weighted by Gasteiger charge is -2.24. The molecule has 0 aliphatic carbocycles. The highest BCUT2D eigenvalue weighted by atomic mass is 35.5. The van der Waals surface area contributed by atoms with Crippen molar-refractivity contribution in [3.8, 4) is 0 Å². The van der Waals surface area contributed by atoms with Gasteiger partial charge in [-0.1, -0.05) is 103 Å². The van der Waals surface area contributed by atoms with E-state index in [1.54, 1.807) is 21.3 Å². The maximum atomic E-state index is 5.66. The summed E-state index contributed by atoms with van der Waals surface area (Å²) >= 11 is 5.66. The van der Waals surface area contributed by atoms with Crippen LogP contribution in [0.1, 0.15) is 116 Å². The monoisotopic (exact) mass is 495 g/mol. The fourth-order valence-electron chi connectivity index (χ4n) is 3.81. The highest BCUT2D eigenvalue weighted by molar-refractivity contribution is 6.60. The number of unbranched alkanes of at least 4 members (excludes halogenated alkanes) is 15. The first kappa shape index (κ1) is 34.5. The zero-order valence-electron chi connectivity index (χ0n) is 22.7. The molecule has 0 aliphatic heterocycles. The lowest BCUT2D eigenvalue weighted by atomic mass is 10.0. The Morgan fingerprint density at radius 1 is 0.562 bits per heavy atom. The second-order valence-electron chi connectivity index (χ2n) is 9.19. The van der Waals surface area contributed by atoms with E-state index in [1.165, 1.54) is 103 Å². The van der Waals surface area contributed by atoms with Crippen molar-refractivity contribution < 1.29 is 13.3 Å². The van der Waals surface area contributed by atoms with Crippen molar-refractivity contribution in [2.24, 2.45) is 0 Å².